The Morgan fingerprint density at radius 2 is 1.55 bits per heavy atom. The number of nitrogens with zero attached hydrogens (tertiary/aromatic N) is 2. The van der Waals surface area contributed by atoms with E-state index in [0.29, 0.717) is 18.1 Å². The molecule has 0 aliphatic carbocycles. The summed E-state index contributed by atoms with van der Waals surface area (Å²) < 4.78 is 5.77. The zero-order chi connectivity index (χ0) is 14.5. The molecule has 0 spiro atoms. The van der Waals surface area contributed by atoms with Crippen molar-refractivity contribution < 1.29 is 4.74 Å². The van der Waals surface area contributed by atoms with E-state index in [4.69, 9.17) is 4.74 Å². The highest BCUT2D eigenvalue weighted by atomic mass is 16.5. The number of ether oxygens (including phenoxy) is 1. The summed E-state index contributed by atoms with van der Waals surface area (Å²) in [4.78, 5) is 5.50. The molecule has 2 rings (SSSR count). The van der Waals surface area contributed by atoms with Crippen LogP contribution in [0.4, 0.5) is 0 Å². The zero-order valence-electron chi connectivity index (χ0n) is 14.0. The van der Waals surface area contributed by atoms with Gasteiger partial charge in [-0.2, -0.15) is 0 Å². The summed E-state index contributed by atoms with van der Waals surface area (Å²) in [6.07, 6.45) is 5.05. The van der Waals surface area contributed by atoms with E-state index in [1.54, 1.807) is 0 Å². The van der Waals surface area contributed by atoms with Crippen LogP contribution in [0.15, 0.2) is 0 Å². The first-order chi connectivity index (χ1) is 9.58. The summed E-state index contributed by atoms with van der Waals surface area (Å²) in [5.41, 5.74) is 0. The lowest BCUT2D eigenvalue weighted by Crippen LogP contribution is -2.46. The number of hydrogen-bond donors (Lipinski definition) is 0. The molecular weight excluding hydrogens is 248 g/mol. The summed E-state index contributed by atoms with van der Waals surface area (Å²) in [6, 6.07) is 2.05. The minimum absolute atomic E-state index is 0.663. The van der Waals surface area contributed by atoms with Crippen molar-refractivity contribution in [2.75, 3.05) is 32.8 Å². The fourth-order valence-electron chi connectivity index (χ4n) is 3.78. The van der Waals surface area contributed by atoms with Crippen LogP contribution >= 0.6 is 0 Å². The van der Waals surface area contributed by atoms with Crippen molar-refractivity contribution in [1.29, 1.82) is 0 Å². The van der Waals surface area contributed by atoms with Gasteiger partial charge < -0.3 is 4.74 Å². The molecule has 2 atom stereocenters. The van der Waals surface area contributed by atoms with Gasteiger partial charge in [-0.1, -0.05) is 0 Å². The lowest BCUT2D eigenvalue weighted by atomic mass is 10.0. The Labute approximate surface area is 125 Å². The molecule has 2 unspecified atom stereocenters. The molecule has 0 N–H and O–H groups in total. The first-order valence-electron chi connectivity index (χ1n) is 8.65. The monoisotopic (exact) mass is 282 g/mol. The van der Waals surface area contributed by atoms with Crippen LogP contribution in [0, 0.1) is 5.92 Å². The Bertz CT molecular complexity index is 280. The Balaban J connectivity index is 2.16. The van der Waals surface area contributed by atoms with E-state index in [2.05, 4.69) is 37.5 Å². The topological polar surface area (TPSA) is 15.7 Å². The van der Waals surface area contributed by atoms with Gasteiger partial charge in [0.2, 0.25) is 0 Å². The zero-order valence-corrected chi connectivity index (χ0v) is 14.0. The van der Waals surface area contributed by atoms with E-state index in [1.807, 2.05) is 0 Å². The van der Waals surface area contributed by atoms with Crippen LogP contribution in [0.2, 0.25) is 0 Å². The molecule has 0 radical (unpaired) electrons. The molecule has 0 aromatic heterocycles. The van der Waals surface area contributed by atoms with Crippen LogP contribution in [0.1, 0.15) is 53.4 Å². The molecule has 2 aliphatic heterocycles. The maximum absolute atomic E-state index is 5.77. The third kappa shape index (κ3) is 4.44. The smallest absolute Gasteiger partial charge is 0.0466 e. The first kappa shape index (κ1) is 16.3. The van der Waals surface area contributed by atoms with E-state index >= 15 is 0 Å². The molecule has 3 heteroatoms. The predicted molar refractivity (Wildman–Crippen MR) is 85.1 cm³/mol. The second-order valence-electron chi connectivity index (χ2n) is 7.25. The molecule has 118 valence electrons. The van der Waals surface area contributed by atoms with Gasteiger partial charge >= 0.3 is 0 Å². The summed E-state index contributed by atoms with van der Waals surface area (Å²) in [6.45, 7) is 15.2. The van der Waals surface area contributed by atoms with Gasteiger partial charge in [0.25, 0.3) is 0 Å². The summed E-state index contributed by atoms with van der Waals surface area (Å²) in [5, 5.41) is 0. The molecule has 2 bridgehead atoms. The Morgan fingerprint density at radius 3 is 2.20 bits per heavy atom. The third-order valence-electron chi connectivity index (χ3n) is 5.00. The van der Waals surface area contributed by atoms with E-state index in [0.717, 1.165) is 19.1 Å². The quantitative estimate of drug-likeness (QED) is 0.774. The molecule has 0 amide bonds. The van der Waals surface area contributed by atoms with Crippen LogP contribution < -0.4 is 0 Å². The molecular formula is C17H34N2O. The molecule has 2 fully saturated rings. The minimum atomic E-state index is 0.663. The van der Waals surface area contributed by atoms with Crippen LogP contribution in [0.5, 0.6) is 0 Å². The molecule has 2 saturated heterocycles. The number of rotatable bonds is 2. The van der Waals surface area contributed by atoms with Crippen LogP contribution in [0.3, 0.4) is 0 Å². The number of fused-ring (bicyclic) bond motifs is 3. The molecule has 2 heterocycles. The average Bonchev–Trinajstić information content (AvgIpc) is 2.57. The van der Waals surface area contributed by atoms with E-state index in [-0.39, 0.29) is 0 Å². The molecule has 0 aromatic rings. The van der Waals surface area contributed by atoms with Gasteiger partial charge in [-0.15, -0.1) is 0 Å². The Kier molecular flexibility index (Phi) is 6.31. The summed E-state index contributed by atoms with van der Waals surface area (Å²) >= 11 is 0. The van der Waals surface area contributed by atoms with Gasteiger partial charge in [-0.25, -0.2) is 0 Å². The van der Waals surface area contributed by atoms with E-state index in [1.165, 1.54) is 45.3 Å². The second-order valence-corrected chi connectivity index (χ2v) is 7.25. The summed E-state index contributed by atoms with van der Waals surface area (Å²) in [5.74, 6) is 0.812. The maximum atomic E-state index is 5.77. The van der Waals surface area contributed by atoms with Crippen molar-refractivity contribution in [3.05, 3.63) is 0 Å². The maximum Gasteiger partial charge on any atom is 0.0466 e. The molecule has 20 heavy (non-hydrogen) atoms. The Hall–Kier alpha value is -0.120. The minimum Gasteiger partial charge on any atom is -0.381 e. The molecule has 2 aliphatic rings. The molecule has 3 nitrogen and oxygen atoms in total. The standard InChI is InChI=1S/C17H34N2O/c1-14(2)18-11-16-7-5-9-20-10-6-8-17(13-18)19(12-16)15(3)4/h14-17H,5-13H2,1-4H3. The van der Waals surface area contributed by atoms with Crippen LogP contribution in [-0.4, -0.2) is 60.8 Å². The van der Waals surface area contributed by atoms with Crippen molar-refractivity contribution in [1.82, 2.24) is 9.80 Å². The van der Waals surface area contributed by atoms with Gasteiger partial charge in [0.15, 0.2) is 0 Å². The Morgan fingerprint density at radius 1 is 0.850 bits per heavy atom. The SMILES string of the molecule is CC(C)N1CC2CCCOCCCC(C1)N(C(C)C)C2. The van der Waals surface area contributed by atoms with Crippen molar-refractivity contribution in [3.63, 3.8) is 0 Å². The molecule has 0 saturated carbocycles. The summed E-state index contributed by atoms with van der Waals surface area (Å²) in [7, 11) is 0. The largest absolute Gasteiger partial charge is 0.381 e. The van der Waals surface area contributed by atoms with Crippen LogP contribution in [-0.2, 0) is 4.74 Å². The van der Waals surface area contributed by atoms with Crippen molar-refractivity contribution >= 4 is 0 Å². The lowest BCUT2D eigenvalue weighted by molar-refractivity contribution is 0.0994. The fourth-order valence-corrected chi connectivity index (χ4v) is 3.78. The highest BCUT2D eigenvalue weighted by molar-refractivity contribution is 4.87. The van der Waals surface area contributed by atoms with Gasteiger partial charge in [-0.3, -0.25) is 9.80 Å². The van der Waals surface area contributed by atoms with Crippen molar-refractivity contribution in [2.45, 2.75) is 71.5 Å². The van der Waals surface area contributed by atoms with Crippen molar-refractivity contribution in [3.8, 4) is 0 Å². The highest BCUT2D eigenvalue weighted by Crippen LogP contribution is 2.24. The first-order valence-corrected chi connectivity index (χ1v) is 8.65. The second kappa shape index (κ2) is 7.77. The van der Waals surface area contributed by atoms with Gasteiger partial charge in [0.05, 0.1) is 0 Å². The van der Waals surface area contributed by atoms with E-state index in [9.17, 15) is 0 Å². The normalized spacial score (nSPS) is 31.5. The predicted octanol–water partition coefficient (Wildman–Crippen LogP) is 3.00. The highest BCUT2D eigenvalue weighted by Gasteiger charge is 2.31. The van der Waals surface area contributed by atoms with Gasteiger partial charge in [0, 0.05) is 51.0 Å². The average molecular weight is 282 g/mol. The van der Waals surface area contributed by atoms with E-state index < -0.39 is 0 Å². The number of hydrogen-bond acceptors (Lipinski definition) is 3. The fraction of sp³-hybridized carbons (Fsp3) is 1.00. The van der Waals surface area contributed by atoms with Gasteiger partial charge in [0.1, 0.15) is 0 Å². The van der Waals surface area contributed by atoms with Gasteiger partial charge in [-0.05, 0) is 59.3 Å². The van der Waals surface area contributed by atoms with Crippen molar-refractivity contribution in [2.24, 2.45) is 5.92 Å². The van der Waals surface area contributed by atoms with Crippen LogP contribution in [0.25, 0.3) is 0 Å². The lowest BCUT2D eigenvalue weighted by Gasteiger charge is -2.35. The molecule has 0 aromatic carbocycles. The third-order valence-corrected chi connectivity index (χ3v) is 5.00.